The molecular formula is C39H47F2N5O10S. The standard InChI is InChI=1S/C39H47F2N5O10S/c1-21-6-4-5-7-23-18-38(23,35(49)45-57(51,52)25-8-9-25)44-32(47)28-17-24(54-33-27-10-11-29-31(26(27)12-15-42-33)56-39(40,41)55-29)19-46(28)34(48)30(22(2)16-21)43-36(50)53-20-37(3)13-14-37/h5,7,10-12,15,21-25,28,30H,4,6,8-9,13-14,16-20H2,1-3H3,(H,43,50)(H,44,47)(H,45,49)/b7-5-/t21-,22-,23-,24-,28+,30+,38-/m1/s1. The van der Waals surface area contributed by atoms with Gasteiger partial charge in [-0.05, 0) is 81.4 Å². The van der Waals surface area contributed by atoms with Crippen molar-refractivity contribution in [3.05, 3.63) is 36.5 Å². The first-order valence-electron chi connectivity index (χ1n) is 19.6. The fourth-order valence-corrected chi connectivity index (χ4v) is 9.51. The summed E-state index contributed by atoms with van der Waals surface area (Å²) in [5.41, 5.74) is -1.68. The van der Waals surface area contributed by atoms with Gasteiger partial charge in [0.15, 0.2) is 11.5 Å². The van der Waals surface area contributed by atoms with Crippen LogP contribution in [0.25, 0.3) is 10.8 Å². The number of aromatic nitrogens is 1. The molecule has 6 aliphatic rings. The number of fused-ring (bicyclic) bond motifs is 5. The van der Waals surface area contributed by atoms with Crippen LogP contribution in [-0.4, -0.2) is 90.5 Å². The molecule has 4 fully saturated rings. The van der Waals surface area contributed by atoms with E-state index >= 15 is 0 Å². The Labute approximate surface area is 328 Å². The van der Waals surface area contributed by atoms with Gasteiger partial charge in [0.1, 0.15) is 23.7 Å². The van der Waals surface area contributed by atoms with Crippen molar-refractivity contribution < 1.29 is 55.3 Å². The van der Waals surface area contributed by atoms with E-state index in [1.165, 1.54) is 29.3 Å². The van der Waals surface area contributed by atoms with E-state index in [1.54, 1.807) is 0 Å². The van der Waals surface area contributed by atoms with Crippen LogP contribution >= 0.6 is 0 Å². The number of nitrogens with zero attached hydrogens (tertiary/aromatic N) is 2. The number of nitrogens with one attached hydrogen (secondary N) is 3. The van der Waals surface area contributed by atoms with Crippen molar-refractivity contribution in [2.24, 2.45) is 23.2 Å². The summed E-state index contributed by atoms with van der Waals surface area (Å²) in [6, 6.07) is 1.93. The number of alkyl halides is 2. The van der Waals surface area contributed by atoms with E-state index in [4.69, 9.17) is 14.2 Å². The number of hydrogen-bond acceptors (Lipinski definition) is 11. The molecule has 1 aromatic carbocycles. The Bertz CT molecular complexity index is 2130. The smallest absolute Gasteiger partial charge is 0.472 e. The predicted octanol–water partition coefficient (Wildman–Crippen LogP) is 4.30. The minimum atomic E-state index is -3.95. The number of carbonyl (C=O) groups excluding carboxylic acids is 4. The predicted molar refractivity (Wildman–Crippen MR) is 198 cm³/mol. The summed E-state index contributed by atoms with van der Waals surface area (Å²) in [7, 11) is -3.95. The Morgan fingerprint density at radius 1 is 1.07 bits per heavy atom. The fraction of sp³-hybridized carbons (Fsp3) is 0.615. The van der Waals surface area contributed by atoms with Crippen molar-refractivity contribution in [1.82, 2.24) is 25.2 Å². The van der Waals surface area contributed by atoms with Gasteiger partial charge in [0.2, 0.25) is 27.7 Å². The normalized spacial score (nSPS) is 32.1. The van der Waals surface area contributed by atoms with Gasteiger partial charge in [-0.3, -0.25) is 19.1 Å². The van der Waals surface area contributed by atoms with E-state index in [9.17, 15) is 36.4 Å². The number of benzene rings is 1. The van der Waals surface area contributed by atoms with Crippen LogP contribution in [0.1, 0.15) is 78.6 Å². The second-order valence-electron chi connectivity index (χ2n) is 17.0. The van der Waals surface area contributed by atoms with Gasteiger partial charge in [-0.15, -0.1) is 8.78 Å². The molecule has 4 amide bonds. The summed E-state index contributed by atoms with van der Waals surface area (Å²) in [5, 5.41) is 5.51. The summed E-state index contributed by atoms with van der Waals surface area (Å²) >= 11 is 0. The van der Waals surface area contributed by atoms with Crippen molar-refractivity contribution in [2.45, 2.75) is 114 Å². The number of sulfonamides is 1. The molecule has 4 heterocycles. The highest BCUT2D eigenvalue weighted by Crippen LogP contribution is 2.48. The molecule has 3 aliphatic carbocycles. The van der Waals surface area contributed by atoms with E-state index in [0.29, 0.717) is 31.1 Å². The molecule has 0 radical (unpaired) electrons. The number of rotatable bonds is 8. The number of alkyl carbamates (subject to hydrolysis) is 1. The number of allylic oxidation sites excluding steroid dienone is 1. The molecule has 57 heavy (non-hydrogen) atoms. The maximum atomic E-state index is 14.8. The van der Waals surface area contributed by atoms with Crippen molar-refractivity contribution >= 4 is 44.6 Å². The van der Waals surface area contributed by atoms with Crippen LogP contribution < -0.4 is 29.6 Å². The van der Waals surface area contributed by atoms with Gasteiger partial charge < -0.3 is 34.5 Å². The van der Waals surface area contributed by atoms with E-state index in [1.807, 2.05) is 32.9 Å². The monoisotopic (exact) mass is 815 g/mol. The summed E-state index contributed by atoms with van der Waals surface area (Å²) in [5.74, 6) is -3.23. The molecule has 3 saturated carbocycles. The van der Waals surface area contributed by atoms with Crippen LogP contribution in [0, 0.1) is 23.2 Å². The van der Waals surface area contributed by atoms with Crippen LogP contribution in [0.4, 0.5) is 13.6 Å². The van der Waals surface area contributed by atoms with Gasteiger partial charge in [0.05, 0.1) is 18.4 Å². The molecule has 308 valence electrons. The highest BCUT2D eigenvalue weighted by Gasteiger charge is 2.62. The maximum Gasteiger partial charge on any atom is 0.586 e. The lowest BCUT2D eigenvalue weighted by Crippen LogP contribution is -2.59. The topological polar surface area (TPSA) is 192 Å². The average Bonchev–Trinajstić information content (AvgIpc) is 4.10. The largest absolute Gasteiger partial charge is 0.586 e. The van der Waals surface area contributed by atoms with Gasteiger partial charge in [0.25, 0.3) is 5.91 Å². The molecule has 0 bridgehead atoms. The molecule has 0 unspecified atom stereocenters. The van der Waals surface area contributed by atoms with E-state index < -0.39 is 80.9 Å². The average molecular weight is 816 g/mol. The van der Waals surface area contributed by atoms with Crippen LogP contribution in [0.2, 0.25) is 0 Å². The van der Waals surface area contributed by atoms with Crippen molar-refractivity contribution in [3.63, 3.8) is 0 Å². The van der Waals surface area contributed by atoms with Gasteiger partial charge in [-0.25, -0.2) is 18.2 Å². The summed E-state index contributed by atoms with van der Waals surface area (Å²) < 4.78 is 77.2. The second kappa shape index (κ2) is 14.3. The Morgan fingerprint density at radius 3 is 2.58 bits per heavy atom. The minimum absolute atomic E-state index is 0.0252. The Hall–Kier alpha value is -4.74. The third-order valence-corrected chi connectivity index (χ3v) is 13.9. The molecular weight excluding hydrogens is 769 g/mol. The number of halogens is 2. The van der Waals surface area contributed by atoms with E-state index in [0.717, 1.165) is 19.3 Å². The summed E-state index contributed by atoms with van der Waals surface area (Å²) in [6.45, 7) is 5.96. The number of ether oxygens (including phenoxy) is 4. The number of amides is 4. The van der Waals surface area contributed by atoms with Gasteiger partial charge >= 0.3 is 12.4 Å². The van der Waals surface area contributed by atoms with Crippen molar-refractivity contribution in [3.8, 4) is 17.4 Å². The Morgan fingerprint density at radius 2 is 1.84 bits per heavy atom. The first-order chi connectivity index (χ1) is 27.0. The lowest BCUT2D eigenvalue weighted by molar-refractivity contribution is -0.286. The van der Waals surface area contributed by atoms with E-state index in [-0.39, 0.29) is 60.1 Å². The van der Waals surface area contributed by atoms with Crippen LogP contribution in [0.3, 0.4) is 0 Å². The minimum Gasteiger partial charge on any atom is -0.472 e. The number of carbonyl (C=O) groups is 4. The Kier molecular flexibility index (Phi) is 9.79. The highest BCUT2D eigenvalue weighted by molar-refractivity contribution is 7.91. The highest BCUT2D eigenvalue weighted by atomic mass is 32.2. The Balaban J connectivity index is 1.11. The van der Waals surface area contributed by atoms with Crippen LogP contribution in [-0.2, 0) is 29.1 Å². The molecule has 7 atom stereocenters. The first kappa shape index (κ1) is 39.1. The molecule has 3 aliphatic heterocycles. The third kappa shape index (κ3) is 8.06. The summed E-state index contributed by atoms with van der Waals surface area (Å²) in [4.78, 5) is 61.9. The molecule has 3 N–H and O–H groups in total. The first-order valence-corrected chi connectivity index (χ1v) is 21.1. The van der Waals surface area contributed by atoms with Crippen LogP contribution in [0.15, 0.2) is 36.5 Å². The fourth-order valence-electron chi connectivity index (χ4n) is 8.15. The van der Waals surface area contributed by atoms with Gasteiger partial charge in [-0.1, -0.05) is 32.9 Å². The van der Waals surface area contributed by atoms with Crippen molar-refractivity contribution in [2.75, 3.05) is 13.2 Å². The molecule has 18 heteroatoms. The lowest BCUT2D eigenvalue weighted by atomic mass is 9.88. The lowest BCUT2D eigenvalue weighted by Gasteiger charge is -2.32. The maximum absolute atomic E-state index is 14.8. The molecule has 8 rings (SSSR count). The SMILES string of the molecule is C[C@@H]1CC/C=C\[C@@H]2C[C@@]2(C(=O)NS(=O)(=O)C2CC2)NC(=O)[C@@H]2C[C@@H](Oc3nccc4c5c(ccc34)OC(F)(F)O5)CN2C(=O)[C@@H](NC(=O)OCC2(C)CC2)[C@H](C)C1. The second-order valence-corrected chi connectivity index (χ2v) is 19.0. The molecule has 1 aromatic heterocycles. The van der Waals surface area contributed by atoms with Gasteiger partial charge in [0, 0.05) is 34.7 Å². The zero-order chi connectivity index (χ0) is 40.5. The molecule has 15 nitrogen and oxygen atoms in total. The molecule has 2 aromatic rings. The van der Waals surface area contributed by atoms with Gasteiger partial charge in [-0.2, -0.15) is 0 Å². The van der Waals surface area contributed by atoms with E-state index in [2.05, 4.69) is 25.1 Å². The number of hydrogen-bond donors (Lipinski definition) is 3. The molecule has 0 spiro atoms. The molecule has 1 saturated heterocycles. The number of pyridine rings is 1. The van der Waals surface area contributed by atoms with Crippen molar-refractivity contribution in [1.29, 1.82) is 0 Å². The quantitative estimate of drug-likeness (QED) is 0.322. The third-order valence-electron chi connectivity index (χ3n) is 12.1. The summed E-state index contributed by atoms with van der Waals surface area (Å²) in [6.07, 6.45) is 4.32. The zero-order valence-corrected chi connectivity index (χ0v) is 32.7. The van der Waals surface area contributed by atoms with Crippen LogP contribution in [0.5, 0.6) is 17.4 Å². The zero-order valence-electron chi connectivity index (χ0n) is 31.9.